The number of ether oxygens (including phenoxy) is 1. The third-order valence-electron chi connectivity index (χ3n) is 2.59. The van der Waals surface area contributed by atoms with E-state index in [9.17, 15) is 4.79 Å². The van der Waals surface area contributed by atoms with Crippen LogP contribution in [0, 0.1) is 0 Å². The molecule has 0 saturated carbocycles. The first-order chi connectivity index (χ1) is 7.65. The van der Waals surface area contributed by atoms with Crippen molar-refractivity contribution >= 4 is 17.3 Å². The predicted octanol–water partition coefficient (Wildman–Crippen LogP) is 2.69. The van der Waals surface area contributed by atoms with Crippen LogP contribution in [0.1, 0.15) is 31.2 Å². The molecule has 0 aliphatic rings. The monoisotopic (exact) mass is 241 g/mol. The van der Waals surface area contributed by atoms with Gasteiger partial charge in [-0.1, -0.05) is 6.07 Å². The van der Waals surface area contributed by atoms with Gasteiger partial charge in [-0.3, -0.25) is 9.69 Å². The van der Waals surface area contributed by atoms with Crippen LogP contribution in [0.25, 0.3) is 0 Å². The smallest absolute Gasteiger partial charge is 0.307 e. The van der Waals surface area contributed by atoms with Gasteiger partial charge < -0.3 is 4.74 Å². The number of thiophene rings is 1. The fraction of sp³-hybridized carbons (Fsp3) is 0.583. The van der Waals surface area contributed by atoms with Crippen LogP contribution in [0.2, 0.25) is 0 Å². The molecule has 1 atom stereocenters. The maximum absolute atomic E-state index is 11.2. The lowest BCUT2D eigenvalue weighted by molar-refractivity contribution is -0.143. The van der Waals surface area contributed by atoms with Crippen LogP contribution in [0.3, 0.4) is 0 Å². The molecule has 1 unspecified atom stereocenters. The van der Waals surface area contributed by atoms with Crippen molar-refractivity contribution in [3.63, 3.8) is 0 Å². The lowest BCUT2D eigenvalue weighted by atomic mass is 10.2. The zero-order valence-corrected chi connectivity index (χ0v) is 10.9. The molecular formula is C12H19NO2S. The molecule has 3 nitrogen and oxygen atoms in total. The molecular weight excluding hydrogens is 222 g/mol. The van der Waals surface area contributed by atoms with Gasteiger partial charge >= 0.3 is 5.97 Å². The second-order valence-electron chi connectivity index (χ2n) is 3.73. The molecule has 90 valence electrons. The summed E-state index contributed by atoms with van der Waals surface area (Å²) in [5.74, 6) is -0.118. The highest BCUT2D eigenvalue weighted by Gasteiger charge is 2.13. The summed E-state index contributed by atoms with van der Waals surface area (Å²) < 4.78 is 4.90. The first-order valence-electron chi connectivity index (χ1n) is 5.54. The zero-order valence-electron chi connectivity index (χ0n) is 10.1. The summed E-state index contributed by atoms with van der Waals surface area (Å²) in [6.45, 7) is 5.17. The molecule has 0 aliphatic heterocycles. The van der Waals surface area contributed by atoms with E-state index < -0.39 is 0 Å². The lowest BCUT2D eigenvalue weighted by Gasteiger charge is -2.23. The standard InChI is InChI=1S/C12H19NO2S/c1-4-15-12(14)7-8-13(3)10(2)11-6-5-9-16-11/h5-6,9-10H,4,7-8H2,1-3H3. The lowest BCUT2D eigenvalue weighted by Crippen LogP contribution is -2.25. The molecule has 0 aliphatic carbocycles. The molecule has 1 aromatic rings. The maximum atomic E-state index is 11.2. The maximum Gasteiger partial charge on any atom is 0.307 e. The largest absolute Gasteiger partial charge is 0.466 e. The fourth-order valence-electron chi connectivity index (χ4n) is 1.44. The summed E-state index contributed by atoms with van der Waals surface area (Å²) in [6, 6.07) is 4.53. The molecule has 1 aromatic heterocycles. The second kappa shape index (κ2) is 6.66. The first kappa shape index (κ1) is 13.2. The second-order valence-corrected chi connectivity index (χ2v) is 4.71. The van der Waals surface area contributed by atoms with E-state index in [2.05, 4.69) is 29.3 Å². The van der Waals surface area contributed by atoms with E-state index in [4.69, 9.17) is 4.74 Å². The van der Waals surface area contributed by atoms with Crippen LogP contribution in [0.4, 0.5) is 0 Å². The first-order valence-corrected chi connectivity index (χ1v) is 6.42. The van der Waals surface area contributed by atoms with E-state index >= 15 is 0 Å². The highest BCUT2D eigenvalue weighted by molar-refractivity contribution is 7.10. The van der Waals surface area contributed by atoms with Gasteiger partial charge in [0.1, 0.15) is 0 Å². The number of hydrogen-bond acceptors (Lipinski definition) is 4. The summed E-state index contributed by atoms with van der Waals surface area (Å²) in [4.78, 5) is 14.7. The normalized spacial score (nSPS) is 12.8. The molecule has 16 heavy (non-hydrogen) atoms. The Morgan fingerprint density at radius 1 is 1.62 bits per heavy atom. The number of nitrogens with zero attached hydrogens (tertiary/aromatic N) is 1. The van der Waals surface area contributed by atoms with Gasteiger partial charge in [-0.25, -0.2) is 0 Å². The van der Waals surface area contributed by atoms with Crippen LogP contribution in [0.15, 0.2) is 17.5 Å². The fourth-order valence-corrected chi connectivity index (χ4v) is 2.29. The molecule has 0 aromatic carbocycles. The Morgan fingerprint density at radius 3 is 2.94 bits per heavy atom. The molecule has 4 heteroatoms. The average molecular weight is 241 g/mol. The van der Waals surface area contributed by atoms with Gasteiger partial charge in [0.25, 0.3) is 0 Å². The summed E-state index contributed by atoms with van der Waals surface area (Å²) in [7, 11) is 2.03. The zero-order chi connectivity index (χ0) is 12.0. The quantitative estimate of drug-likeness (QED) is 0.717. The Kier molecular flexibility index (Phi) is 5.49. The third-order valence-corrected chi connectivity index (χ3v) is 3.63. The van der Waals surface area contributed by atoms with Gasteiger partial charge in [0.05, 0.1) is 13.0 Å². The highest BCUT2D eigenvalue weighted by Crippen LogP contribution is 2.23. The Balaban J connectivity index is 2.35. The van der Waals surface area contributed by atoms with Crippen molar-refractivity contribution in [3.8, 4) is 0 Å². The van der Waals surface area contributed by atoms with Crippen molar-refractivity contribution in [2.45, 2.75) is 26.3 Å². The van der Waals surface area contributed by atoms with Gasteiger partial charge in [0.2, 0.25) is 0 Å². The molecule has 0 N–H and O–H groups in total. The van der Waals surface area contributed by atoms with Crippen LogP contribution in [0.5, 0.6) is 0 Å². The average Bonchev–Trinajstić information content (AvgIpc) is 2.78. The molecule has 0 amide bonds. The van der Waals surface area contributed by atoms with Crippen LogP contribution in [-0.2, 0) is 9.53 Å². The Morgan fingerprint density at radius 2 is 2.38 bits per heavy atom. The molecule has 1 rings (SSSR count). The Hall–Kier alpha value is -0.870. The Bertz CT molecular complexity index is 311. The van der Waals surface area contributed by atoms with Gasteiger partial charge in [0, 0.05) is 17.5 Å². The predicted molar refractivity (Wildman–Crippen MR) is 66.6 cm³/mol. The molecule has 1 heterocycles. The highest BCUT2D eigenvalue weighted by atomic mass is 32.1. The summed E-state index contributed by atoms with van der Waals surface area (Å²) in [5.41, 5.74) is 0. The van der Waals surface area contributed by atoms with Crippen molar-refractivity contribution in [1.29, 1.82) is 0 Å². The van der Waals surface area contributed by atoms with Gasteiger partial charge in [-0.15, -0.1) is 11.3 Å². The molecule has 0 fully saturated rings. The Labute approximate surface area is 101 Å². The molecule has 0 saturated heterocycles. The topological polar surface area (TPSA) is 29.5 Å². The molecule has 0 spiro atoms. The van der Waals surface area contributed by atoms with E-state index in [1.54, 1.807) is 11.3 Å². The van der Waals surface area contributed by atoms with Crippen molar-refractivity contribution < 1.29 is 9.53 Å². The van der Waals surface area contributed by atoms with E-state index in [0.717, 1.165) is 6.54 Å². The van der Waals surface area contributed by atoms with E-state index in [1.807, 2.05) is 14.0 Å². The van der Waals surface area contributed by atoms with Crippen molar-refractivity contribution in [2.75, 3.05) is 20.2 Å². The third kappa shape index (κ3) is 3.94. The van der Waals surface area contributed by atoms with Crippen LogP contribution < -0.4 is 0 Å². The van der Waals surface area contributed by atoms with Crippen LogP contribution >= 0.6 is 11.3 Å². The van der Waals surface area contributed by atoms with Crippen molar-refractivity contribution in [3.05, 3.63) is 22.4 Å². The molecule has 0 bridgehead atoms. The number of rotatable bonds is 6. The van der Waals surface area contributed by atoms with Crippen LogP contribution in [-0.4, -0.2) is 31.1 Å². The summed E-state index contributed by atoms with van der Waals surface area (Å²) in [5, 5.41) is 2.07. The van der Waals surface area contributed by atoms with Gasteiger partial charge in [-0.05, 0) is 32.3 Å². The number of esters is 1. The minimum atomic E-state index is -0.118. The summed E-state index contributed by atoms with van der Waals surface area (Å²) in [6.07, 6.45) is 0.458. The van der Waals surface area contributed by atoms with E-state index in [0.29, 0.717) is 19.1 Å². The van der Waals surface area contributed by atoms with E-state index in [1.165, 1.54) is 4.88 Å². The minimum absolute atomic E-state index is 0.118. The summed E-state index contributed by atoms with van der Waals surface area (Å²) >= 11 is 1.75. The SMILES string of the molecule is CCOC(=O)CCN(C)C(C)c1cccs1. The number of carbonyl (C=O) groups excluding carboxylic acids is 1. The minimum Gasteiger partial charge on any atom is -0.466 e. The van der Waals surface area contributed by atoms with Gasteiger partial charge in [0.15, 0.2) is 0 Å². The van der Waals surface area contributed by atoms with Crippen molar-refractivity contribution in [2.24, 2.45) is 0 Å². The number of hydrogen-bond donors (Lipinski definition) is 0. The van der Waals surface area contributed by atoms with Crippen molar-refractivity contribution in [1.82, 2.24) is 4.90 Å². The molecule has 0 radical (unpaired) electrons. The number of carbonyl (C=O) groups is 1. The van der Waals surface area contributed by atoms with Gasteiger partial charge in [-0.2, -0.15) is 0 Å². The van der Waals surface area contributed by atoms with E-state index in [-0.39, 0.29) is 5.97 Å².